The number of amides is 3. The van der Waals surface area contributed by atoms with Gasteiger partial charge in [-0.05, 0) is 24.6 Å². The van der Waals surface area contributed by atoms with E-state index in [0.29, 0.717) is 17.5 Å². The maximum absolute atomic E-state index is 12.2. The summed E-state index contributed by atoms with van der Waals surface area (Å²) < 4.78 is 1.96. The van der Waals surface area contributed by atoms with Crippen LogP contribution in [0.2, 0.25) is 0 Å². The quantitative estimate of drug-likeness (QED) is 0.620. The van der Waals surface area contributed by atoms with Crippen LogP contribution in [0.4, 0.5) is 4.79 Å². The largest absolute Gasteiger partial charge is 0.341 e. The van der Waals surface area contributed by atoms with Crippen molar-refractivity contribution in [3.05, 3.63) is 60.4 Å². The lowest BCUT2D eigenvalue weighted by Gasteiger charge is -2.13. The molecule has 0 fully saturated rings. The van der Waals surface area contributed by atoms with Gasteiger partial charge in [-0.1, -0.05) is 42.1 Å². The molecule has 0 aliphatic carbocycles. The van der Waals surface area contributed by atoms with Gasteiger partial charge in [0.25, 0.3) is 0 Å². The van der Waals surface area contributed by atoms with E-state index in [9.17, 15) is 9.59 Å². The summed E-state index contributed by atoms with van der Waals surface area (Å²) in [5, 5.41) is 13.3. The molecule has 0 saturated heterocycles. The number of nitrogens with one attached hydrogen (secondary N) is 2. The van der Waals surface area contributed by atoms with Crippen LogP contribution in [-0.4, -0.2) is 44.0 Å². The molecule has 1 aromatic carbocycles. The van der Waals surface area contributed by atoms with E-state index in [1.807, 2.05) is 47.0 Å². The highest BCUT2D eigenvalue weighted by Gasteiger charge is 2.22. The second-order valence-corrected chi connectivity index (χ2v) is 7.25. The van der Waals surface area contributed by atoms with Crippen molar-refractivity contribution in [3.8, 4) is 11.4 Å². The summed E-state index contributed by atoms with van der Waals surface area (Å²) in [7, 11) is 1.46. The average molecular weight is 396 g/mol. The van der Waals surface area contributed by atoms with E-state index in [0.717, 1.165) is 11.1 Å². The Labute approximate surface area is 166 Å². The van der Waals surface area contributed by atoms with Gasteiger partial charge in [-0.25, -0.2) is 4.79 Å². The van der Waals surface area contributed by atoms with Gasteiger partial charge < -0.3 is 5.32 Å². The Hall–Kier alpha value is -3.20. The Morgan fingerprint density at radius 2 is 1.82 bits per heavy atom. The Morgan fingerprint density at radius 3 is 2.50 bits per heavy atom. The molecule has 0 unspecified atom stereocenters. The van der Waals surface area contributed by atoms with Crippen LogP contribution >= 0.6 is 11.8 Å². The molecule has 0 saturated carbocycles. The maximum Gasteiger partial charge on any atom is 0.321 e. The van der Waals surface area contributed by atoms with Gasteiger partial charge in [-0.2, -0.15) is 0 Å². The van der Waals surface area contributed by atoms with E-state index < -0.39 is 17.2 Å². The molecule has 2 heterocycles. The minimum atomic E-state index is -0.541. The van der Waals surface area contributed by atoms with Gasteiger partial charge >= 0.3 is 6.03 Å². The normalized spacial score (nSPS) is 11.6. The summed E-state index contributed by atoms with van der Waals surface area (Å²) in [6.45, 7) is 2.27. The molecular weight excluding hydrogens is 376 g/mol. The number of aromatic nitrogens is 4. The fourth-order valence-electron chi connectivity index (χ4n) is 2.49. The molecule has 2 aromatic heterocycles. The van der Waals surface area contributed by atoms with Crippen LogP contribution in [0.25, 0.3) is 11.4 Å². The first kappa shape index (κ1) is 19.6. The number of benzene rings is 1. The fourth-order valence-corrected chi connectivity index (χ4v) is 3.34. The standard InChI is InChI=1S/C19H20N6O2S/c1-13(17(26)22-18(27)20-2)28-19-24-23-16(15-8-10-21-11-9-15)25(19)12-14-6-4-3-5-7-14/h3-11,13H,12H2,1-2H3,(H2,20,22,26,27)/t13-/m1/s1. The third-order valence-corrected chi connectivity index (χ3v) is 5.03. The van der Waals surface area contributed by atoms with Gasteiger partial charge in [0, 0.05) is 25.0 Å². The maximum atomic E-state index is 12.2. The molecular formula is C19H20N6O2S. The van der Waals surface area contributed by atoms with E-state index in [4.69, 9.17) is 0 Å². The van der Waals surface area contributed by atoms with Crippen LogP contribution in [0.3, 0.4) is 0 Å². The summed E-state index contributed by atoms with van der Waals surface area (Å²) in [4.78, 5) is 27.6. The molecule has 0 bridgehead atoms. The van der Waals surface area contributed by atoms with Gasteiger partial charge in [0.05, 0.1) is 11.8 Å². The number of pyridine rings is 1. The zero-order chi connectivity index (χ0) is 19.9. The van der Waals surface area contributed by atoms with E-state index in [2.05, 4.69) is 25.8 Å². The first-order valence-electron chi connectivity index (χ1n) is 8.65. The molecule has 28 heavy (non-hydrogen) atoms. The van der Waals surface area contributed by atoms with E-state index in [-0.39, 0.29) is 0 Å². The molecule has 144 valence electrons. The topological polar surface area (TPSA) is 102 Å². The lowest BCUT2D eigenvalue weighted by molar-refractivity contribution is -0.119. The van der Waals surface area contributed by atoms with Crippen LogP contribution < -0.4 is 10.6 Å². The van der Waals surface area contributed by atoms with Crippen molar-refractivity contribution in [1.29, 1.82) is 0 Å². The third kappa shape index (κ3) is 4.74. The fraction of sp³-hybridized carbons (Fsp3) is 0.211. The van der Waals surface area contributed by atoms with Crippen molar-refractivity contribution in [2.75, 3.05) is 7.05 Å². The molecule has 3 aromatic rings. The van der Waals surface area contributed by atoms with Crippen molar-refractivity contribution < 1.29 is 9.59 Å². The Balaban J connectivity index is 1.89. The Kier molecular flexibility index (Phi) is 6.38. The number of imide groups is 1. The van der Waals surface area contributed by atoms with E-state index >= 15 is 0 Å². The lowest BCUT2D eigenvalue weighted by Crippen LogP contribution is -2.41. The zero-order valence-corrected chi connectivity index (χ0v) is 16.3. The number of nitrogens with zero attached hydrogens (tertiary/aromatic N) is 4. The van der Waals surface area contributed by atoms with E-state index in [1.54, 1.807) is 19.3 Å². The van der Waals surface area contributed by atoms with Crippen LogP contribution in [0.1, 0.15) is 12.5 Å². The molecule has 9 heteroatoms. The van der Waals surface area contributed by atoms with Crippen molar-refractivity contribution in [1.82, 2.24) is 30.4 Å². The summed E-state index contributed by atoms with van der Waals surface area (Å²) in [5.74, 6) is 0.289. The molecule has 0 aliphatic rings. The number of carbonyl (C=O) groups is 2. The van der Waals surface area contributed by atoms with E-state index in [1.165, 1.54) is 18.8 Å². The molecule has 3 amide bonds. The summed E-state index contributed by atoms with van der Waals surface area (Å²) in [6, 6.07) is 13.1. The monoisotopic (exact) mass is 396 g/mol. The molecule has 1 atom stereocenters. The number of hydrogen-bond acceptors (Lipinski definition) is 6. The molecule has 0 radical (unpaired) electrons. The van der Waals surface area contributed by atoms with Gasteiger partial charge in [0.15, 0.2) is 11.0 Å². The minimum Gasteiger partial charge on any atom is -0.341 e. The third-order valence-electron chi connectivity index (χ3n) is 3.95. The average Bonchev–Trinajstić information content (AvgIpc) is 3.11. The van der Waals surface area contributed by atoms with Crippen LogP contribution in [0.5, 0.6) is 0 Å². The van der Waals surface area contributed by atoms with Crippen molar-refractivity contribution >= 4 is 23.7 Å². The number of hydrogen-bond donors (Lipinski definition) is 2. The highest BCUT2D eigenvalue weighted by molar-refractivity contribution is 8.00. The molecule has 0 spiro atoms. The van der Waals surface area contributed by atoms with Gasteiger partial charge in [0.1, 0.15) is 0 Å². The second-order valence-electron chi connectivity index (χ2n) is 5.94. The first-order chi connectivity index (χ1) is 13.6. The molecule has 3 rings (SSSR count). The lowest BCUT2D eigenvalue weighted by atomic mass is 10.2. The van der Waals surface area contributed by atoms with Crippen molar-refractivity contribution in [2.24, 2.45) is 0 Å². The highest BCUT2D eigenvalue weighted by atomic mass is 32.2. The van der Waals surface area contributed by atoms with Crippen molar-refractivity contribution in [2.45, 2.75) is 23.9 Å². The smallest absolute Gasteiger partial charge is 0.321 e. The summed E-state index contributed by atoms with van der Waals surface area (Å²) in [6.07, 6.45) is 3.40. The number of carbonyl (C=O) groups excluding carboxylic acids is 2. The number of thioether (sulfide) groups is 1. The van der Waals surface area contributed by atoms with Gasteiger partial charge in [0.2, 0.25) is 5.91 Å². The second kappa shape index (κ2) is 9.14. The Bertz CT molecular complexity index is 946. The predicted octanol–water partition coefficient (Wildman–Crippen LogP) is 2.32. The Morgan fingerprint density at radius 1 is 1.11 bits per heavy atom. The molecule has 2 N–H and O–H groups in total. The van der Waals surface area contributed by atoms with Gasteiger partial charge in [-0.3, -0.25) is 19.7 Å². The summed E-state index contributed by atoms with van der Waals surface area (Å²) in [5.41, 5.74) is 1.97. The van der Waals surface area contributed by atoms with Crippen molar-refractivity contribution in [3.63, 3.8) is 0 Å². The van der Waals surface area contributed by atoms with Crippen LogP contribution in [0, 0.1) is 0 Å². The predicted molar refractivity (Wildman–Crippen MR) is 107 cm³/mol. The van der Waals surface area contributed by atoms with Crippen LogP contribution in [0.15, 0.2) is 60.0 Å². The van der Waals surface area contributed by atoms with Crippen LogP contribution in [-0.2, 0) is 11.3 Å². The zero-order valence-electron chi connectivity index (χ0n) is 15.5. The first-order valence-corrected chi connectivity index (χ1v) is 9.53. The molecule has 0 aliphatic heterocycles. The number of urea groups is 1. The number of rotatable bonds is 6. The SMILES string of the molecule is CNC(=O)NC(=O)[C@@H](C)Sc1nnc(-c2ccncc2)n1Cc1ccccc1. The summed E-state index contributed by atoms with van der Waals surface area (Å²) >= 11 is 1.25. The van der Waals surface area contributed by atoms with Gasteiger partial charge in [-0.15, -0.1) is 10.2 Å². The molecule has 8 nitrogen and oxygen atoms in total. The minimum absolute atomic E-state index is 0.399. The highest BCUT2D eigenvalue weighted by Crippen LogP contribution is 2.27.